The second-order valence-corrected chi connectivity index (χ2v) is 14.0. The van der Waals surface area contributed by atoms with E-state index in [1.165, 1.54) is 39.6 Å². The van der Waals surface area contributed by atoms with Crippen LogP contribution in [0.15, 0.2) is 58.5 Å². The fourth-order valence-electron chi connectivity index (χ4n) is 6.83. The zero-order valence-electron chi connectivity index (χ0n) is 31.3. The molecule has 0 unspecified atom stereocenters. The van der Waals surface area contributed by atoms with Gasteiger partial charge < -0.3 is 46.3 Å². The molecule has 52 heavy (non-hydrogen) atoms. The summed E-state index contributed by atoms with van der Waals surface area (Å²) in [6.07, 6.45) is 9.32. The van der Waals surface area contributed by atoms with Gasteiger partial charge in [0.2, 0.25) is 11.6 Å². The minimum atomic E-state index is -1.01. The molecule has 0 spiro atoms. The molecular formula is C38H57N5O9. The van der Waals surface area contributed by atoms with Gasteiger partial charge >= 0.3 is 12.1 Å². The van der Waals surface area contributed by atoms with Crippen LogP contribution >= 0.6 is 0 Å². The Morgan fingerprint density at radius 2 is 1.73 bits per heavy atom. The maximum Gasteiger partial charge on any atom is 0.405 e. The number of carbonyl (C=O) groups excluding carboxylic acids is 5. The zero-order chi connectivity index (χ0) is 38.4. The van der Waals surface area contributed by atoms with Gasteiger partial charge in [0.05, 0.1) is 23.6 Å². The van der Waals surface area contributed by atoms with Crippen LogP contribution < -0.4 is 27.0 Å². The van der Waals surface area contributed by atoms with Gasteiger partial charge in [-0.1, -0.05) is 57.4 Å². The molecule has 1 heterocycles. The van der Waals surface area contributed by atoms with Gasteiger partial charge in [0.25, 0.3) is 5.91 Å². The third-order valence-corrected chi connectivity index (χ3v) is 9.78. The lowest BCUT2D eigenvalue weighted by Crippen LogP contribution is -2.42. The van der Waals surface area contributed by atoms with E-state index in [-0.39, 0.29) is 54.0 Å². The van der Waals surface area contributed by atoms with Crippen molar-refractivity contribution in [2.75, 3.05) is 33.9 Å². The molecule has 288 valence electrons. The topological polar surface area (TPSA) is 207 Å². The lowest BCUT2D eigenvalue weighted by atomic mass is 9.85. The van der Waals surface area contributed by atoms with Crippen LogP contribution in [0.25, 0.3) is 0 Å². The summed E-state index contributed by atoms with van der Waals surface area (Å²) in [6.45, 7) is 7.95. The van der Waals surface area contributed by atoms with Crippen LogP contribution in [0.3, 0.4) is 0 Å². The number of hydrogen-bond acceptors (Lipinski definition) is 10. The van der Waals surface area contributed by atoms with Crippen LogP contribution in [0.1, 0.15) is 72.6 Å². The molecule has 3 aliphatic rings. The molecule has 6 atom stereocenters. The Kier molecular flexibility index (Phi) is 16.8. The van der Waals surface area contributed by atoms with Crippen molar-refractivity contribution in [3.05, 3.63) is 58.5 Å². The molecule has 14 nitrogen and oxygen atoms in total. The van der Waals surface area contributed by atoms with Crippen molar-refractivity contribution in [2.24, 2.45) is 23.5 Å². The summed E-state index contributed by atoms with van der Waals surface area (Å²) in [5.74, 6) is -1.87. The summed E-state index contributed by atoms with van der Waals surface area (Å²) in [7, 11) is 2.91. The number of methoxy groups -OCH3 is 2. The number of carbonyl (C=O) groups is 5. The van der Waals surface area contributed by atoms with E-state index < -0.39 is 53.9 Å². The first-order valence-electron chi connectivity index (χ1n) is 18.1. The van der Waals surface area contributed by atoms with E-state index in [1.54, 1.807) is 39.0 Å². The highest BCUT2D eigenvalue weighted by Gasteiger charge is 2.33. The van der Waals surface area contributed by atoms with E-state index in [1.807, 2.05) is 6.92 Å². The van der Waals surface area contributed by atoms with Crippen LogP contribution in [0.4, 0.5) is 9.59 Å². The normalized spacial score (nSPS) is 29.8. The van der Waals surface area contributed by atoms with E-state index in [0.717, 1.165) is 18.9 Å². The highest BCUT2D eigenvalue weighted by Crippen LogP contribution is 2.29. The minimum Gasteiger partial charge on any atom is -0.439 e. The Hall–Kier alpha value is -4.27. The first-order valence-corrected chi connectivity index (χ1v) is 18.1. The lowest BCUT2D eigenvalue weighted by molar-refractivity contribution is -0.120. The number of allylic oxidation sites excluding steroid dienone is 4. The molecule has 1 saturated carbocycles. The van der Waals surface area contributed by atoms with Gasteiger partial charge in [0.1, 0.15) is 6.10 Å². The number of hydrogen-bond donors (Lipinski definition) is 6. The SMILES string of the molecule is CO[C@H]1/C=C\C=C(/C)C(=O)NC2=CC(=O)C(NCCNC(=O)NCC3CCCCC3)=C(C[C@@H](C)C[C@H](OC)[C@H](O)[C@@H](C)/C=C(\C)[C@@H]1OC(N)=O)C2=O. The Balaban J connectivity index is 1.88. The summed E-state index contributed by atoms with van der Waals surface area (Å²) in [5, 5.41) is 22.7. The van der Waals surface area contributed by atoms with Crippen LogP contribution in [0.2, 0.25) is 0 Å². The van der Waals surface area contributed by atoms with Crippen LogP contribution in [0.5, 0.6) is 0 Å². The molecular weight excluding hydrogens is 670 g/mol. The number of urea groups is 1. The zero-order valence-corrected chi connectivity index (χ0v) is 31.3. The summed E-state index contributed by atoms with van der Waals surface area (Å²) in [4.78, 5) is 64.8. The molecule has 14 heteroatoms. The average Bonchev–Trinajstić information content (AvgIpc) is 3.11. The summed E-state index contributed by atoms with van der Waals surface area (Å²) >= 11 is 0. The molecule has 0 aromatic heterocycles. The van der Waals surface area contributed by atoms with Gasteiger partial charge in [-0.2, -0.15) is 0 Å². The smallest absolute Gasteiger partial charge is 0.405 e. The molecule has 2 bridgehead atoms. The van der Waals surface area contributed by atoms with E-state index in [0.29, 0.717) is 24.5 Å². The van der Waals surface area contributed by atoms with E-state index >= 15 is 0 Å². The number of nitrogens with two attached hydrogens (primary N) is 1. The van der Waals surface area contributed by atoms with Crippen molar-refractivity contribution in [1.29, 1.82) is 0 Å². The lowest BCUT2D eigenvalue weighted by Gasteiger charge is -2.30. The monoisotopic (exact) mass is 727 g/mol. The highest BCUT2D eigenvalue weighted by atomic mass is 16.6. The van der Waals surface area contributed by atoms with Gasteiger partial charge in [-0.15, -0.1) is 0 Å². The Morgan fingerprint density at radius 1 is 1.02 bits per heavy atom. The largest absolute Gasteiger partial charge is 0.439 e. The number of ether oxygens (including phenoxy) is 3. The second-order valence-electron chi connectivity index (χ2n) is 14.0. The Labute approximate surface area is 306 Å². The predicted octanol–water partition coefficient (Wildman–Crippen LogP) is 3.23. The average molecular weight is 728 g/mol. The number of primary amides is 1. The van der Waals surface area contributed by atoms with Gasteiger partial charge in [-0.25, -0.2) is 9.59 Å². The van der Waals surface area contributed by atoms with Crippen molar-refractivity contribution in [3.63, 3.8) is 0 Å². The molecule has 1 aliphatic heterocycles. The Morgan fingerprint density at radius 3 is 2.38 bits per heavy atom. The summed E-state index contributed by atoms with van der Waals surface area (Å²) < 4.78 is 16.7. The standard InChI is InChI=1S/C38H57N5O9/c1-22-17-27-32(40-15-16-41-38(49)42-21-26-12-8-7-9-13-26)29(44)20-28(34(27)46)43-36(47)23(2)11-10-14-30(50-5)35(52-37(39)48)25(4)19-24(3)33(45)31(18-22)51-6/h10-11,14,19-20,22,24,26,30-31,33,35,40,45H,7-9,12-13,15-18,21H2,1-6H3,(H2,39,48)(H,43,47)(H2,41,42,49)/b14-10-,23-11+,25-19+/t22-,24+,30+,31+,33-,35+/m1/s1. The molecule has 3 rings (SSSR count). The van der Waals surface area contributed by atoms with Gasteiger partial charge in [-0.3, -0.25) is 14.4 Å². The van der Waals surface area contributed by atoms with Crippen molar-refractivity contribution in [1.82, 2.24) is 21.3 Å². The summed E-state index contributed by atoms with van der Waals surface area (Å²) in [6, 6.07) is -0.295. The molecule has 7 N–H and O–H groups in total. The first kappa shape index (κ1) is 42.1. The molecule has 2 aliphatic carbocycles. The maximum atomic E-state index is 13.9. The number of Topliss-reactive ketones (excluding diaryl/α,β-unsaturated/α-hetero) is 1. The molecule has 0 radical (unpaired) electrons. The quantitative estimate of drug-likeness (QED) is 0.116. The number of ketones is 2. The molecule has 0 aromatic carbocycles. The van der Waals surface area contributed by atoms with Crippen LogP contribution in [-0.4, -0.2) is 93.0 Å². The molecule has 0 aromatic rings. The number of rotatable bonds is 9. The van der Waals surface area contributed by atoms with E-state index in [2.05, 4.69) is 21.3 Å². The van der Waals surface area contributed by atoms with Crippen molar-refractivity contribution in [3.8, 4) is 0 Å². The number of aliphatic hydroxyl groups is 1. The first-order chi connectivity index (χ1) is 24.7. The number of amides is 4. The highest BCUT2D eigenvalue weighted by molar-refractivity contribution is 6.23. The molecule has 1 fully saturated rings. The fraction of sp³-hybridized carbons (Fsp3) is 0.605. The van der Waals surface area contributed by atoms with Crippen molar-refractivity contribution >= 4 is 29.6 Å². The van der Waals surface area contributed by atoms with Crippen molar-refractivity contribution in [2.45, 2.75) is 97.1 Å². The van der Waals surface area contributed by atoms with E-state index in [9.17, 15) is 29.1 Å². The van der Waals surface area contributed by atoms with Crippen molar-refractivity contribution < 1.29 is 43.3 Å². The number of nitrogens with one attached hydrogen (secondary N) is 4. The van der Waals surface area contributed by atoms with E-state index in [4.69, 9.17) is 19.9 Å². The number of fused-ring (bicyclic) bond motifs is 2. The van der Waals surface area contributed by atoms with Crippen LogP contribution in [-0.2, 0) is 28.6 Å². The summed E-state index contributed by atoms with van der Waals surface area (Å²) in [5.41, 5.74) is 6.27. The Bertz CT molecular complexity index is 1460. The maximum absolute atomic E-state index is 13.9. The predicted molar refractivity (Wildman–Crippen MR) is 196 cm³/mol. The van der Waals surface area contributed by atoms with Crippen LogP contribution in [0, 0.1) is 17.8 Å². The molecule has 4 amide bonds. The minimum absolute atomic E-state index is 0.0906. The number of aliphatic hydroxyl groups excluding tert-OH is 1. The third-order valence-electron chi connectivity index (χ3n) is 9.78. The second kappa shape index (κ2) is 20.7. The van der Waals surface area contributed by atoms with Gasteiger partial charge in [-0.05, 0) is 56.9 Å². The van der Waals surface area contributed by atoms with Gasteiger partial charge in [0, 0.05) is 57.0 Å². The third kappa shape index (κ3) is 12.4. The fourth-order valence-corrected chi connectivity index (χ4v) is 6.83. The molecule has 0 saturated heterocycles. The van der Waals surface area contributed by atoms with Gasteiger partial charge in [0.15, 0.2) is 6.10 Å².